The second-order valence-corrected chi connectivity index (χ2v) is 19.9. The van der Waals surface area contributed by atoms with Gasteiger partial charge in [-0.1, -0.05) is 227 Å². The van der Waals surface area contributed by atoms with Crippen LogP contribution in [0, 0.1) is 0 Å². The molecule has 376 valence electrons. The summed E-state index contributed by atoms with van der Waals surface area (Å²) >= 11 is 0. The molecule has 1 fully saturated rings. The van der Waals surface area contributed by atoms with Crippen molar-refractivity contribution in [1.29, 1.82) is 0 Å². The Bertz CT molecular complexity index is 876. The third-order valence-electron chi connectivity index (χ3n) is 13.7. The van der Waals surface area contributed by atoms with E-state index in [2.05, 4.69) is 66.2 Å². The molecule has 0 aliphatic carbocycles. The van der Waals surface area contributed by atoms with Gasteiger partial charge >= 0.3 is 0 Å². The first kappa shape index (κ1) is 62.0. The maximum atomic E-state index is 12.8. The highest BCUT2D eigenvalue weighted by Gasteiger charge is 2.21. The van der Waals surface area contributed by atoms with Crippen molar-refractivity contribution in [2.45, 2.75) is 259 Å². The van der Waals surface area contributed by atoms with Crippen LogP contribution in [-0.4, -0.2) is 129 Å². The van der Waals surface area contributed by atoms with Crippen LogP contribution >= 0.6 is 0 Å². The van der Waals surface area contributed by atoms with Gasteiger partial charge in [0.15, 0.2) is 0 Å². The molecule has 0 spiro atoms. The molecule has 0 aromatic rings. The van der Waals surface area contributed by atoms with Gasteiger partial charge in [-0.15, -0.1) is 0 Å². The highest BCUT2D eigenvalue weighted by Crippen LogP contribution is 2.14. The first-order valence-electron chi connectivity index (χ1n) is 28.5. The lowest BCUT2D eigenvalue weighted by Crippen LogP contribution is -2.50. The fourth-order valence-electron chi connectivity index (χ4n) is 9.10. The third-order valence-corrected chi connectivity index (χ3v) is 13.7. The summed E-state index contributed by atoms with van der Waals surface area (Å²) in [7, 11) is 2.15. The first-order valence-corrected chi connectivity index (χ1v) is 28.5. The minimum Gasteiger partial charge on any atom is -0.339 e. The highest BCUT2D eigenvalue weighted by molar-refractivity contribution is 5.78. The molecule has 1 aliphatic heterocycles. The lowest BCUT2D eigenvalue weighted by molar-refractivity contribution is -0.134. The average molecular weight is 891 g/mol. The molecule has 0 N–H and O–H groups in total. The maximum Gasteiger partial charge on any atom is 0.236 e. The van der Waals surface area contributed by atoms with Crippen LogP contribution < -0.4 is 0 Å². The van der Waals surface area contributed by atoms with Crippen LogP contribution in [-0.2, 0) is 9.59 Å². The van der Waals surface area contributed by atoms with Crippen molar-refractivity contribution < 1.29 is 9.59 Å². The second-order valence-electron chi connectivity index (χ2n) is 19.9. The van der Waals surface area contributed by atoms with E-state index < -0.39 is 0 Å². The molecule has 0 bridgehead atoms. The Hall–Kier alpha value is -1.02. The Balaban J connectivity index is 0.00000123. The van der Waals surface area contributed by atoms with E-state index in [9.17, 15) is 9.59 Å². The number of unbranched alkanes of at least 4 members (excludes halogenated alkanes) is 30. The Morgan fingerprint density at radius 2 is 0.635 bits per heavy atom. The summed E-state index contributed by atoms with van der Waals surface area (Å²) in [6.07, 6.45) is 48.7. The Labute approximate surface area is 396 Å². The number of amides is 1. The van der Waals surface area contributed by atoms with Crippen LogP contribution in [0.1, 0.15) is 259 Å². The van der Waals surface area contributed by atoms with Crippen molar-refractivity contribution >= 4 is 12.2 Å². The van der Waals surface area contributed by atoms with Crippen LogP contribution in [0.3, 0.4) is 0 Å². The Kier molecular flexibility index (Phi) is 49.6. The molecule has 0 atom stereocenters. The minimum atomic E-state index is 0.351. The van der Waals surface area contributed by atoms with E-state index in [1.54, 1.807) is 0 Å². The molecule has 63 heavy (non-hydrogen) atoms. The molecule has 7 nitrogen and oxygen atoms in total. The third kappa shape index (κ3) is 43.3. The fourth-order valence-corrected chi connectivity index (χ4v) is 9.10. The van der Waals surface area contributed by atoms with Crippen molar-refractivity contribution in [1.82, 2.24) is 24.5 Å². The zero-order valence-corrected chi connectivity index (χ0v) is 44.1. The van der Waals surface area contributed by atoms with Gasteiger partial charge in [-0.05, 0) is 71.9 Å². The molecule has 0 radical (unpaired) electrons. The molecule has 0 aromatic heterocycles. The minimum absolute atomic E-state index is 0.351. The number of hydrogen-bond acceptors (Lipinski definition) is 6. The van der Waals surface area contributed by atoms with E-state index >= 15 is 0 Å². The van der Waals surface area contributed by atoms with Gasteiger partial charge < -0.3 is 19.5 Å². The lowest BCUT2D eigenvalue weighted by Gasteiger charge is -2.34. The number of rotatable bonds is 47. The van der Waals surface area contributed by atoms with Crippen LogP contribution in [0.5, 0.6) is 0 Å². The van der Waals surface area contributed by atoms with Crippen LogP contribution in [0.4, 0.5) is 0 Å². The molecule has 7 heteroatoms. The van der Waals surface area contributed by atoms with Gasteiger partial charge in [0.2, 0.25) is 5.91 Å². The van der Waals surface area contributed by atoms with Crippen LogP contribution in [0.15, 0.2) is 0 Å². The van der Waals surface area contributed by atoms with Crippen LogP contribution in [0.25, 0.3) is 0 Å². The van der Waals surface area contributed by atoms with Crippen molar-refractivity contribution in [2.24, 2.45) is 0 Å². The summed E-state index contributed by atoms with van der Waals surface area (Å²) in [6, 6.07) is 0. The van der Waals surface area contributed by atoms with Gasteiger partial charge in [0.05, 0.1) is 13.1 Å². The summed E-state index contributed by atoms with van der Waals surface area (Å²) in [5, 5.41) is 0. The van der Waals surface area contributed by atoms with E-state index in [0.717, 1.165) is 65.2 Å². The van der Waals surface area contributed by atoms with Crippen LogP contribution in [0.2, 0.25) is 0 Å². The summed E-state index contributed by atoms with van der Waals surface area (Å²) in [6.45, 7) is 24.5. The normalized spacial score (nSPS) is 13.4. The Morgan fingerprint density at radius 1 is 0.365 bits per heavy atom. The predicted molar refractivity (Wildman–Crippen MR) is 279 cm³/mol. The number of hydrogen-bond donors (Lipinski definition) is 0. The zero-order valence-electron chi connectivity index (χ0n) is 44.1. The zero-order chi connectivity index (χ0) is 46.1. The molecular weight excluding hydrogens is 775 g/mol. The van der Waals surface area contributed by atoms with Gasteiger partial charge in [0, 0.05) is 39.3 Å². The Morgan fingerprint density at radius 3 is 0.952 bits per heavy atom. The van der Waals surface area contributed by atoms with Crippen molar-refractivity contribution in [3.05, 3.63) is 0 Å². The molecule has 0 unspecified atom stereocenters. The van der Waals surface area contributed by atoms with Gasteiger partial charge in [0.25, 0.3) is 0 Å². The molecule has 0 aromatic carbocycles. The van der Waals surface area contributed by atoms with Crippen molar-refractivity contribution in [2.75, 3.05) is 92.1 Å². The number of piperazine rings is 1. The molecule has 1 amide bonds. The molecule has 0 saturated carbocycles. The first-order chi connectivity index (χ1) is 30.9. The summed E-state index contributed by atoms with van der Waals surface area (Å²) in [5.41, 5.74) is 0. The fraction of sp³-hybridized carbons (Fsp3) is 0.964. The second kappa shape index (κ2) is 50.4. The lowest BCUT2D eigenvalue weighted by atomic mass is 10.1. The topological polar surface area (TPSA) is 50.3 Å². The molecule has 1 saturated heterocycles. The molecule has 1 rings (SSSR count). The number of carbonyl (C=O) groups excluding carboxylic acids is 2. The quantitative estimate of drug-likeness (QED) is 0.0448. The smallest absolute Gasteiger partial charge is 0.236 e. The summed E-state index contributed by atoms with van der Waals surface area (Å²) in [5.74, 6) is 0.351. The van der Waals surface area contributed by atoms with Gasteiger partial charge in [-0.3, -0.25) is 14.6 Å². The SMILES string of the molecule is CCCCCCCCCN(CC=O)CCN(CCCCCCCCC)CCCCCCCCC.CCCCCCCCCN(CCCCCCCCC)CC(=O)N1CCN(C)CC1. The number of carbonyl (C=O) groups is 2. The molecule has 1 aliphatic rings. The molecule has 1 heterocycles. The van der Waals surface area contributed by atoms with E-state index in [0.29, 0.717) is 19.0 Å². The van der Waals surface area contributed by atoms with Gasteiger partial charge in [0.1, 0.15) is 6.29 Å². The number of likely N-dealkylation sites (N-methyl/N-ethyl adjacent to an activating group) is 1. The monoisotopic (exact) mass is 890 g/mol. The van der Waals surface area contributed by atoms with Gasteiger partial charge in [-0.25, -0.2) is 0 Å². The number of aldehydes is 1. The maximum absolute atomic E-state index is 12.8. The van der Waals surface area contributed by atoms with Gasteiger partial charge in [-0.2, -0.15) is 0 Å². The van der Waals surface area contributed by atoms with Crippen molar-refractivity contribution in [3.8, 4) is 0 Å². The molecular formula is C56H115N5O2. The van der Waals surface area contributed by atoms with E-state index in [4.69, 9.17) is 0 Å². The summed E-state index contributed by atoms with van der Waals surface area (Å²) < 4.78 is 0. The average Bonchev–Trinajstić information content (AvgIpc) is 3.29. The number of nitrogens with zero attached hydrogens (tertiary/aromatic N) is 5. The van der Waals surface area contributed by atoms with Crippen molar-refractivity contribution in [3.63, 3.8) is 0 Å². The van der Waals surface area contributed by atoms with E-state index in [1.807, 2.05) is 0 Å². The van der Waals surface area contributed by atoms with E-state index in [1.165, 1.54) is 238 Å². The predicted octanol–water partition coefficient (Wildman–Crippen LogP) is 14.6. The standard InChI is InChI=1S/C31H64N2O.C25H51N3O/c1-4-7-10-13-16-19-22-25-32(26-23-20-17-14-11-8-5-2)28-29-33(30-31-34)27-24-21-18-15-12-9-6-3;1-4-6-8-10-12-14-16-18-27(19-17-15-13-11-9-7-5-2)24-25(29)28-22-20-26(3)21-23-28/h31H,4-30H2,1-3H3;4-24H2,1-3H3. The van der Waals surface area contributed by atoms with E-state index in [-0.39, 0.29) is 0 Å². The summed E-state index contributed by atoms with van der Waals surface area (Å²) in [4.78, 5) is 36.0. The largest absolute Gasteiger partial charge is 0.339 e. The highest BCUT2D eigenvalue weighted by atomic mass is 16.2.